The van der Waals surface area contributed by atoms with Crippen molar-refractivity contribution in [1.82, 2.24) is 4.90 Å². The number of nitrogens with two attached hydrogens (primary N) is 2. The van der Waals surface area contributed by atoms with Crippen molar-refractivity contribution in [3.05, 3.63) is 35.4 Å². The summed E-state index contributed by atoms with van der Waals surface area (Å²) >= 11 is 0. The lowest BCUT2D eigenvalue weighted by Gasteiger charge is -2.22. The van der Waals surface area contributed by atoms with Crippen LogP contribution in [0, 0.1) is 5.92 Å². The summed E-state index contributed by atoms with van der Waals surface area (Å²) in [5, 5.41) is 0. The van der Waals surface area contributed by atoms with Crippen molar-refractivity contribution >= 4 is 11.8 Å². The summed E-state index contributed by atoms with van der Waals surface area (Å²) in [7, 11) is 1.77. The highest BCUT2D eigenvalue weighted by atomic mass is 16.2. The Morgan fingerprint density at radius 2 is 1.85 bits per heavy atom. The molecule has 5 nitrogen and oxygen atoms in total. The lowest BCUT2D eigenvalue weighted by Crippen LogP contribution is -2.36. The average molecular weight is 277 g/mol. The van der Waals surface area contributed by atoms with Gasteiger partial charge in [-0.25, -0.2) is 0 Å². The van der Waals surface area contributed by atoms with Crippen molar-refractivity contribution in [3.63, 3.8) is 0 Å². The van der Waals surface area contributed by atoms with Gasteiger partial charge in [0, 0.05) is 25.7 Å². The molecule has 110 valence electrons. The molecule has 1 aromatic rings. The number of primary amides is 1. The fraction of sp³-hybridized carbons (Fsp3) is 0.467. The molecule has 2 amide bonds. The molecule has 1 atom stereocenters. The number of nitrogens with zero attached hydrogens (tertiary/aromatic N) is 1. The number of hydrogen-bond acceptors (Lipinski definition) is 3. The van der Waals surface area contributed by atoms with E-state index in [9.17, 15) is 9.59 Å². The van der Waals surface area contributed by atoms with Gasteiger partial charge in [-0.3, -0.25) is 9.59 Å². The van der Waals surface area contributed by atoms with Gasteiger partial charge in [-0.1, -0.05) is 25.5 Å². The minimum atomic E-state index is -0.452. The summed E-state index contributed by atoms with van der Waals surface area (Å²) < 4.78 is 0. The van der Waals surface area contributed by atoms with Gasteiger partial charge < -0.3 is 16.4 Å². The van der Waals surface area contributed by atoms with E-state index in [1.165, 1.54) is 0 Å². The molecule has 0 radical (unpaired) electrons. The highest BCUT2D eigenvalue weighted by molar-refractivity contribution is 5.92. The number of carbonyl (C=O) groups is 2. The summed E-state index contributed by atoms with van der Waals surface area (Å²) in [6.45, 7) is 2.91. The Morgan fingerprint density at radius 1 is 1.25 bits per heavy atom. The van der Waals surface area contributed by atoms with Crippen LogP contribution in [0.5, 0.6) is 0 Å². The Hall–Kier alpha value is -1.88. The number of hydrogen-bond donors (Lipinski definition) is 2. The minimum Gasteiger partial charge on any atom is -0.366 e. The second-order valence-corrected chi connectivity index (χ2v) is 4.98. The summed E-state index contributed by atoms with van der Waals surface area (Å²) in [6.07, 6.45) is 1.75. The second kappa shape index (κ2) is 7.65. The van der Waals surface area contributed by atoms with Gasteiger partial charge in [-0.2, -0.15) is 0 Å². The molecule has 5 heteroatoms. The largest absolute Gasteiger partial charge is 0.366 e. The van der Waals surface area contributed by atoms with Gasteiger partial charge in [0.1, 0.15) is 0 Å². The molecule has 1 aromatic carbocycles. The summed E-state index contributed by atoms with van der Waals surface area (Å²) in [5.41, 5.74) is 12.3. The molecule has 0 saturated heterocycles. The molecule has 0 aliphatic heterocycles. The van der Waals surface area contributed by atoms with E-state index in [2.05, 4.69) is 0 Å². The number of amides is 2. The van der Waals surface area contributed by atoms with Gasteiger partial charge in [0.05, 0.1) is 5.92 Å². The third kappa shape index (κ3) is 4.35. The third-order valence-electron chi connectivity index (χ3n) is 3.31. The predicted octanol–water partition coefficient (Wildman–Crippen LogP) is 1.12. The van der Waals surface area contributed by atoms with Crippen LogP contribution in [0.25, 0.3) is 0 Å². The Bertz CT molecular complexity index is 457. The van der Waals surface area contributed by atoms with Crippen molar-refractivity contribution in [3.8, 4) is 0 Å². The Kier molecular flexibility index (Phi) is 6.18. The SMILES string of the molecule is CCCC(CN)C(=O)N(C)Cc1ccc(C(N)=O)cc1. The molecular formula is C15H23N3O2. The van der Waals surface area contributed by atoms with Crippen LogP contribution in [-0.4, -0.2) is 30.3 Å². The van der Waals surface area contributed by atoms with Gasteiger partial charge in [0.2, 0.25) is 11.8 Å². The van der Waals surface area contributed by atoms with Crippen molar-refractivity contribution in [2.75, 3.05) is 13.6 Å². The van der Waals surface area contributed by atoms with E-state index in [1.54, 1.807) is 36.2 Å². The van der Waals surface area contributed by atoms with Crippen LogP contribution in [0.4, 0.5) is 0 Å². The van der Waals surface area contributed by atoms with Crippen LogP contribution >= 0.6 is 0 Å². The molecule has 1 rings (SSSR count). The van der Waals surface area contributed by atoms with E-state index in [1.807, 2.05) is 6.92 Å². The first kappa shape index (κ1) is 16.2. The lowest BCUT2D eigenvalue weighted by molar-refractivity contribution is -0.134. The van der Waals surface area contributed by atoms with Crippen LogP contribution in [0.3, 0.4) is 0 Å². The fourth-order valence-electron chi connectivity index (χ4n) is 2.13. The molecule has 0 spiro atoms. The number of carbonyl (C=O) groups excluding carboxylic acids is 2. The van der Waals surface area contributed by atoms with Crippen molar-refractivity contribution in [1.29, 1.82) is 0 Å². The Balaban J connectivity index is 2.67. The smallest absolute Gasteiger partial charge is 0.248 e. The van der Waals surface area contributed by atoms with Crippen LogP contribution < -0.4 is 11.5 Å². The van der Waals surface area contributed by atoms with Crippen LogP contribution in [0.2, 0.25) is 0 Å². The topological polar surface area (TPSA) is 89.4 Å². The van der Waals surface area contributed by atoms with Crippen molar-refractivity contribution in [2.24, 2.45) is 17.4 Å². The van der Waals surface area contributed by atoms with Gasteiger partial charge in [-0.15, -0.1) is 0 Å². The summed E-state index contributed by atoms with van der Waals surface area (Å²) in [5.74, 6) is -0.504. The molecule has 0 heterocycles. The molecule has 4 N–H and O–H groups in total. The summed E-state index contributed by atoms with van der Waals surface area (Å²) in [4.78, 5) is 24.9. The highest BCUT2D eigenvalue weighted by Crippen LogP contribution is 2.12. The molecule has 20 heavy (non-hydrogen) atoms. The maximum Gasteiger partial charge on any atom is 0.248 e. The van der Waals surface area contributed by atoms with Crippen molar-refractivity contribution in [2.45, 2.75) is 26.3 Å². The maximum absolute atomic E-state index is 12.2. The van der Waals surface area contributed by atoms with E-state index in [0.717, 1.165) is 18.4 Å². The highest BCUT2D eigenvalue weighted by Gasteiger charge is 2.19. The van der Waals surface area contributed by atoms with Gasteiger partial charge in [0.25, 0.3) is 0 Å². The predicted molar refractivity (Wildman–Crippen MR) is 78.9 cm³/mol. The Labute approximate surface area is 119 Å². The minimum absolute atomic E-state index is 0.0633. The third-order valence-corrected chi connectivity index (χ3v) is 3.31. The van der Waals surface area contributed by atoms with E-state index >= 15 is 0 Å². The van der Waals surface area contributed by atoms with Crippen LogP contribution in [-0.2, 0) is 11.3 Å². The van der Waals surface area contributed by atoms with Crippen LogP contribution in [0.15, 0.2) is 24.3 Å². The van der Waals surface area contributed by atoms with Crippen LogP contribution in [0.1, 0.15) is 35.7 Å². The molecule has 0 bridgehead atoms. The van der Waals surface area contributed by atoms with E-state index < -0.39 is 5.91 Å². The monoisotopic (exact) mass is 277 g/mol. The first-order valence-electron chi connectivity index (χ1n) is 6.83. The summed E-state index contributed by atoms with van der Waals surface area (Å²) in [6, 6.07) is 6.95. The molecule has 0 aliphatic rings. The lowest BCUT2D eigenvalue weighted by atomic mass is 10.0. The zero-order valence-corrected chi connectivity index (χ0v) is 12.1. The normalized spacial score (nSPS) is 11.9. The first-order chi connectivity index (χ1) is 9.49. The van der Waals surface area contributed by atoms with Gasteiger partial charge in [-0.05, 0) is 24.1 Å². The number of benzene rings is 1. The quantitative estimate of drug-likeness (QED) is 0.782. The van der Waals surface area contributed by atoms with Gasteiger partial charge in [0.15, 0.2) is 0 Å². The average Bonchev–Trinajstić information content (AvgIpc) is 2.44. The molecule has 0 saturated carbocycles. The van der Waals surface area contributed by atoms with Gasteiger partial charge >= 0.3 is 0 Å². The zero-order valence-electron chi connectivity index (χ0n) is 12.1. The molecule has 0 fully saturated rings. The Morgan fingerprint density at radius 3 is 2.30 bits per heavy atom. The molecule has 0 aromatic heterocycles. The van der Waals surface area contributed by atoms with E-state index in [-0.39, 0.29) is 11.8 Å². The van der Waals surface area contributed by atoms with E-state index in [4.69, 9.17) is 11.5 Å². The second-order valence-electron chi connectivity index (χ2n) is 4.98. The number of rotatable bonds is 7. The first-order valence-corrected chi connectivity index (χ1v) is 6.83. The van der Waals surface area contributed by atoms with E-state index in [0.29, 0.717) is 18.7 Å². The van der Waals surface area contributed by atoms with Crippen molar-refractivity contribution < 1.29 is 9.59 Å². The maximum atomic E-state index is 12.2. The standard InChI is InChI=1S/C15H23N3O2/c1-3-4-13(9-16)15(20)18(2)10-11-5-7-12(8-6-11)14(17)19/h5-8,13H,3-4,9-10,16H2,1-2H3,(H2,17,19). The molecular weight excluding hydrogens is 254 g/mol. The fourth-order valence-corrected chi connectivity index (χ4v) is 2.13. The molecule has 1 unspecified atom stereocenters. The zero-order chi connectivity index (χ0) is 15.1. The molecule has 0 aliphatic carbocycles.